The highest BCUT2D eigenvalue weighted by Gasteiger charge is 2.08. The maximum atomic E-state index is 7.31. The van der Waals surface area contributed by atoms with Gasteiger partial charge >= 0.3 is 0 Å². The molecule has 1 aromatic rings. The summed E-state index contributed by atoms with van der Waals surface area (Å²) in [6.45, 7) is 7.11. The fourth-order valence-electron chi connectivity index (χ4n) is 1.88. The summed E-state index contributed by atoms with van der Waals surface area (Å²) in [4.78, 5) is 2.33. The summed E-state index contributed by atoms with van der Waals surface area (Å²) in [5, 5.41) is 8.07. The maximum Gasteiger partial charge on any atom is 0.0918 e. The van der Waals surface area contributed by atoms with Gasteiger partial charge in [0.05, 0.1) is 5.84 Å². The second-order valence-electron chi connectivity index (χ2n) is 5.03. The van der Waals surface area contributed by atoms with Gasteiger partial charge in [-0.2, -0.15) is 0 Å². The molecule has 0 aliphatic carbocycles. The fraction of sp³-hybridized carbons (Fsp3) is 0.500. The van der Waals surface area contributed by atoms with Crippen LogP contribution in [0, 0.1) is 11.3 Å². The summed E-state index contributed by atoms with van der Waals surface area (Å²) in [6.07, 6.45) is 0.625. The van der Waals surface area contributed by atoms with Crippen molar-refractivity contribution in [3.63, 3.8) is 0 Å². The third kappa shape index (κ3) is 6.03. The van der Waals surface area contributed by atoms with Crippen LogP contribution in [0.25, 0.3) is 0 Å². The van der Waals surface area contributed by atoms with Gasteiger partial charge in [0.2, 0.25) is 0 Å². The van der Waals surface area contributed by atoms with E-state index in [0.29, 0.717) is 12.3 Å². The molecule has 1 rings (SSSR count). The van der Waals surface area contributed by atoms with E-state index in [9.17, 15) is 0 Å². The predicted molar refractivity (Wildman–Crippen MR) is 78.1 cm³/mol. The number of nitrogens with one attached hydrogen (secondary N) is 1. The molecular formula is C14H22ClN3. The standard InChI is InChI=1S/C14H22ClN3/c1-11(2)9-18(8-7-14(16)17)10-12-3-5-13(15)6-4-12/h3-6,11H,7-10H2,1-2H3,(H3,16,17). The van der Waals surface area contributed by atoms with Crippen molar-refractivity contribution in [2.45, 2.75) is 26.8 Å². The lowest BCUT2D eigenvalue weighted by atomic mass is 10.1. The van der Waals surface area contributed by atoms with Crippen LogP contribution in [-0.4, -0.2) is 23.8 Å². The Labute approximate surface area is 114 Å². The van der Waals surface area contributed by atoms with Gasteiger partial charge in [0.25, 0.3) is 0 Å². The van der Waals surface area contributed by atoms with Crippen LogP contribution in [0.3, 0.4) is 0 Å². The van der Waals surface area contributed by atoms with Crippen molar-refractivity contribution < 1.29 is 0 Å². The van der Waals surface area contributed by atoms with Gasteiger partial charge in [-0.15, -0.1) is 0 Å². The summed E-state index contributed by atoms with van der Waals surface area (Å²) in [6, 6.07) is 7.91. The van der Waals surface area contributed by atoms with Crippen LogP contribution in [0.2, 0.25) is 5.02 Å². The lowest BCUT2D eigenvalue weighted by molar-refractivity contribution is 0.242. The van der Waals surface area contributed by atoms with E-state index in [4.69, 9.17) is 22.7 Å². The molecule has 0 aliphatic rings. The third-order valence-corrected chi connectivity index (χ3v) is 2.89. The first-order valence-electron chi connectivity index (χ1n) is 6.27. The molecule has 1 aromatic carbocycles. The minimum absolute atomic E-state index is 0.250. The van der Waals surface area contributed by atoms with Crippen molar-refractivity contribution in [2.24, 2.45) is 11.7 Å². The number of benzene rings is 1. The van der Waals surface area contributed by atoms with E-state index in [2.05, 4.69) is 18.7 Å². The molecule has 0 amide bonds. The predicted octanol–water partition coefficient (Wildman–Crippen LogP) is 3.12. The van der Waals surface area contributed by atoms with Gasteiger partial charge in [0, 0.05) is 31.1 Å². The Bertz CT molecular complexity index is 373. The third-order valence-electron chi connectivity index (χ3n) is 2.64. The van der Waals surface area contributed by atoms with Crippen LogP contribution in [0.15, 0.2) is 24.3 Å². The largest absolute Gasteiger partial charge is 0.388 e. The number of halogens is 1. The molecule has 0 aromatic heterocycles. The molecule has 0 saturated heterocycles. The zero-order valence-electron chi connectivity index (χ0n) is 11.1. The lowest BCUT2D eigenvalue weighted by Crippen LogP contribution is -2.30. The van der Waals surface area contributed by atoms with Gasteiger partial charge in [-0.25, -0.2) is 0 Å². The molecular weight excluding hydrogens is 246 g/mol. The van der Waals surface area contributed by atoms with E-state index < -0.39 is 0 Å². The molecule has 0 radical (unpaired) electrons. The SMILES string of the molecule is CC(C)CN(CCC(=N)N)Cc1ccc(Cl)cc1. The number of amidine groups is 1. The van der Waals surface area contributed by atoms with Gasteiger partial charge in [-0.1, -0.05) is 37.6 Å². The molecule has 0 saturated carbocycles. The second-order valence-corrected chi connectivity index (χ2v) is 5.47. The van der Waals surface area contributed by atoms with Gasteiger partial charge < -0.3 is 5.73 Å². The van der Waals surface area contributed by atoms with Crippen molar-refractivity contribution in [1.82, 2.24) is 4.90 Å². The van der Waals surface area contributed by atoms with Crippen LogP contribution in [0.4, 0.5) is 0 Å². The normalized spacial score (nSPS) is 11.2. The zero-order valence-corrected chi connectivity index (χ0v) is 11.9. The average Bonchev–Trinajstić information content (AvgIpc) is 2.28. The average molecular weight is 268 g/mol. The van der Waals surface area contributed by atoms with Crippen molar-refractivity contribution in [1.29, 1.82) is 5.41 Å². The summed E-state index contributed by atoms with van der Waals surface area (Å²) in [7, 11) is 0. The van der Waals surface area contributed by atoms with Crippen LogP contribution in [0.5, 0.6) is 0 Å². The van der Waals surface area contributed by atoms with E-state index in [-0.39, 0.29) is 5.84 Å². The highest BCUT2D eigenvalue weighted by atomic mass is 35.5. The highest BCUT2D eigenvalue weighted by molar-refractivity contribution is 6.30. The molecule has 0 unspecified atom stereocenters. The molecule has 3 nitrogen and oxygen atoms in total. The van der Waals surface area contributed by atoms with Crippen molar-refractivity contribution in [2.75, 3.05) is 13.1 Å². The molecule has 4 heteroatoms. The topological polar surface area (TPSA) is 53.1 Å². The van der Waals surface area contributed by atoms with Crippen molar-refractivity contribution in [3.05, 3.63) is 34.9 Å². The number of hydrogen-bond acceptors (Lipinski definition) is 2. The number of rotatable bonds is 7. The first kappa shape index (κ1) is 15.0. The van der Waals surface area contributed by atoms with Crippen molar-refractivity contribution in [3.8, 4) is 0 Å². The van der Waals surface area contributed by atoms with Gasteiger partial charge in [-0.05, 0) is 23.6 Å². The fourth-order valence-corrected chi connectivity index (χ4v) is 2.00. The maximum absolute atomic E-state index is 7.31. The first-order chi connectivity index (χ1) is 8.47. The quantitative estimate of drug-likeness (QED) is 0.589. The van der Waals surface area contributed by atoms with Crippen molar-refractivity contribution >= 4 is 17.4 Å². The summed E-state index contributed by atoms with van der Waals surface area (Å²) in [5.41, 5.74) is 6.66. The minimum Gasteiger partial charge on any atom is -0.388 e. The van der Waals surface area contributed by atoms with Gasteiger partial charge in [0.1, 0.15) is 0 Å². The molecule has 18 heavy (non-hydrogen) atoms. The Morgan fingerprint density at radius 1 is 1.33 bits per heavy atom. The van der Waals surface area contributed by atoms with Crippen LogP contribution in [-0.2, 0) is 6.54 Å². The van der Waals surface area contributed by atoms with E-state index in [1.807, 2.05) is 24.3 Å². The first-order valence-corrected chi connectivity index (χ1v) is 6.65. The number of nitrogens with zero attached hydrogens (tertiary/aromatic N) is 1. The Morgan fingerprint density at radius 3 is 2.44 bits per heavy atom. The Hall–Kier alpha value is -1.06. The number of nitrogens with two attached hydrogens (primary N) is 1. The summed E-state index contributed by atoms with van der Waals surface area (Å²) < 4.78 is 0. The Balaban J connectivity index is 2.59. The lowest BCUT2D eigenvalue weighted by Gasteiger charge is -2.24. The minimum atomic E-state index is 0.250. The van der Waals surface area contributed by atoms with Gasteiger partial charge in [0.15, 0.2) is 0 Å². The van der Waals surface area contributed by atoms with Gasteiger partial charge in [-0.3, -0.25) is 10.3 Å². The van der Waals surface area contributed by atoms with E-state index in [1.54, 1.807) is 0 Å². The van der Waals surface area contributed by atoms with Crippen LogP contribution < -0.4 is 5.73 Å². The second kappa shape index (κ2) is 7.39. The van der Waals surface area contributed by atoms with Crippen LogP contribution >= 0.6 is 11.6 Å². The molecule has 0 spiro atoms. The molecule has 0 fully saturated rings. The molecule has 0 heterocycles. The number of hydrogen-bond donors (Lipinski definition) is 2. The monoisotopic (exact) mass is 267 g/mol. The smallest absolute Gasteiger partial charge is 0.0918 e. The van der Waals surface area contributed by atoms with E-state index in [1.165, 1.54) is 5.56 Å². The molecule has 100 valence electrons. The summed E-state index contributed by atoms with van der Waals surface area (Å²) >= 11 is 5.88. The highest BCUT2D eigenvalue weighted by Crippen LogP contribution is 2.12. The summed E-state index contributed by atoms with van der Waals surface area (Å²) in [5.74, 6) is 0.851. The van der Waals surface area contributed by atoms with E-state index in [0.717, 1.165) is 24.7 Å². The zero-order chi connectivity index (χ0) is 13.5. The molecule has 0 atom stereocenters. The van der Waals surface area contributed by atoms with E-state index >= 15 is 0 Å². The molecule has 0 bridgehead atoms. The van der Waals surface area contributed by atoms with Crippen LogP contribution in [0.1, 0.15) is 25.8 Å². The Morgan fingerprint density at radius 2 is 1.94 bits per heavy atom. The molecule has 3 N–H and O–H groups in total. The Kier molecular flexibility index (Phi) is 6.16. The molecule has 0 aliphatic heterocycles.